The van der Waals surface area contributed by atoms with E-state index in [9.17, 15) is 4.79 Å². The van der Waals surface area contributed by atoms with Crippen molar-refractivity contribution in [3.8, 4) is 0 Å². The molecule has 0 aliphatic rings. The molecule has 7 heavy (non-hydrogen) atoms. The molecule has 44 valence electrons. The zero-order chi connectivity index (χ0) is 5.70. The molecule has 3 nitrogen and oxygen atoms in total. The van der Waals surface area contributed by atoms with E-state index in [0.717, 1.165) is 0 Å². The highest BCUT2D eigenvalue weighted by Crippen LogP contribution is 1.71. The first-order valence-corrected chi connectivity index (χ1v) is 2.12. The predicted octanol–water partition coefficient (Wildman–Crippen LogP) is -0.639. The zero-order valence-electron chi connectivity index (χ0n) is 4.27. The van der Waals surface area contributed by atoms with Crippen LogP contribution in [-0.2, 0) is 4.79 Å². The van der Waals surface area contributed by atoms with Crippen molar-refractivity contribution in [1.29, 1.82) is 0 Å². The molecule has 0 spiro atoms. The third kappa shape index (κ3) is 3.26. The van der Waals surface area contributed by atoms with Gasteiger partial charge < -0.3 is 10.4 Å². The van der Waals surface area contributed by atoms with Crippen molar-refractivity contribution in [1.82, 2.24) is 5.32 Å². The highest BCUT2D eigenvalue weighted by atomic mass is 16.3. The monoisotopic (exact) mass is 105 g/mol. The summed E-state index contributed by atoms with van der Waals surface area (Å²) in [5.41, 5.74) is 0. The van der Waals surface area contributed by atoms with Crippen LogP contribution in [0.4, 0.5) is 0 Å². The zero-order valence-corrected chi connectivity index (χ0v) is 4.27. The lowest BCUT2D eigenvalue weighted by molar-refractivity contribution is -0.121. The number of rotatable bonds is 2. The molecule has 0 aliphatic carbocycles. The summed E-state index contributed by atoms with van der Waals surface area (Å²) < 4.78 is 0. The van der Waals surface area contributed by atoms with Gasteiger partial charge in [-0.1, -0.05) is 0 Å². The Morgan fingerprint density at radius 1 is 2.00 bits per heavy atom. The fourth-order valence-electron chi connectivity index (χ4n) is 0.227. The van der Waals surface area contributed by atoms with Crippen molar-refractivity contribution in [3.05, 3.63) is 0 Å². The second-order valence-corrected chi connectivity index (χ2v) is 1.15. The van der Waals surface area contributed by atoms with Crippen molar-refractivity contribution < 1.29 is 11.3 Å². The minimum atomic E-state index is -0.123. The fraction of sp³-hybridized carbons (Fsp3) is 0.750. The van der Waals surface area contributed by atoms with E-state index in [4.69, 9.17) is 5.11 Å². The Bertz CT molecular complexity index is 67.1. The molecular weight excluding hydrogens is 94.0 g/mol. The van der Waals surface area contributed by atoms with Crippen LogP contribution < -0.4 is 5.32 Å². The molecule has 3 heteroatoms. The fourth-order valence-corrected chi connectivity index (χ4v) is 0.227. The molecule has 0 aromatic rings. The van der Waals surface area contributed by atoms with Gasteiger partial charge in [0.1, 0.15) is 0 Å². The largest absolute Gasteiger partial charge is 0.396 e. The van der Waals surface area contributed by atoms with Crippen LogP contribution in [0.2, 0.25) is 0 Å². The standard InChI is InChI=1S/C4H9NO2.H2/c1-5-4(7)2-3-6;/h6H,2-3H2,1H3,(H,5,7);1H. The maximum absolute atomic E-state index is 10.1. The summed E-state index contributed by atoms with van der Waals surface area (Å²) in [6.07, 6.45) is 0.205. The number of hydrogen-bond donors (Lipinski definition) is 2. The average Bonchev–Trinajstić information content (AvgIpc) is 1.68. The van der Waals surface area contributed by atoms with Gasteiger partial charge in [0.05, 0.1) is 6.61 Å². The van der Waals surface area contributed by atoms with E-state index in [1.807, 2.05) is 0 Å². The van der Waals surface area contributed by atoms with Crippen LogP contribution in [0.1, 0.15) is 7.85 Å². The van der Waals surface area contributed by atoms with Gasteiger partial charge in [0.2, 0.25) is 5.91 Å². The van der Waals surface area contributed by atoms with Crippen LogP contribution >= 0.6 is 0 Å². The highest BCUT2D eigenvalue weighted by molar-refractivity contribution is 5.75. The van der Waals surface area contributed by atoms with E-state index in [-0.39, 0.29) is 20.4 Å². The van der Waals surface area contributed by atoms with Crippen LogP contribution in [0, 0.1) is 0 Å². The summed E-state index contributed by atoms with van der Waals surface area (Å²) >= 11 is 0. The molecule has 0 atom stereocenters. The third-order valence-electron chi connectivity index (χ3n) is 0.618. The normalized spacial score (nSPS) is 8.29. The Balaban J connectivity index is 0. The molecule has 0 rings (SSSR count). The number of carbonyl (C=O) groups excluding carboxylic acids is 1. The Morgan fingerprint density at radius 2 is 2.57 bits per heavy atom. The third-order valence-corrected chi connectivity index (χ3v) is 0.618. The SMILES string of the molecule is CNC(=O)CCO.[HH]. The number of aliphatic hydroxyl groups is 1. The number of nitrogens with one attached hydrogen (secondary N) is 1. The number of aliphatic hydroxyl groups excluding tert-OH is 1. The van der Waals surface area contributed by atoms with Gasteiger partial charge in [-0.3, -0.25) is 4.79 Å². The Labute approximate surface area is 43.8 Å². The van der Waals surface area contributed by atoms with E-state index < -0.39 is 0 Å². The summed E-state index contributed by atoms with van der Waals surface area (Å²) in [5.74, 6) is -0.123. The quantitative estimate of drug-likeness (QED) is 0.490. The second-order valence-electron chi connectivity index (χ2n) is 1.15. The van der Waals surface area contributed by atoms with Gasteiger partial charge in [0.15, 0.2) is 0 Å². The van der Waals surface area contributed by atoms with Crippen molar-refractivity contribution in [2.45, 2.75) is 6.42 Å². The van der Waals surface area contributed by atoms with Crippen molar-refractivity contribution >= 4 is 5.91 Å². The van der Waals surface area contributed by atoms with Gasteiger partial charge in [0, 0.05) is 14.9 Å². The molecule has 0 saturated heterocycles. The molecule has 1 amide bonds. The Hall–Kier alpha value is -0.570. The van der Waals surface area contributed by atoms with E-state index >= 15 is 0 Å². The van der Waals surface area contributed by atoms with E-state index in [0.29, 0.717) is 0 Å². The lowest BCUT2D eigenvalue weighted by Crippen LogP contribution is -2.18. The predicted molar refractivity (Wildman–Crippen MR) is 27.9 cm³/mol. The van der Waals surface area contributed by atoms with Crippen LogP contribution in [0.5, 0.6) is 0 Å². The number of carbonyl (C=O) groups is 1. The first-order valence-electron chi connectivity index (χ1n) is 2.12. The van der Waals surface area contributed by atoms with Gasteiger partial charge in [-0.05, 0) is 0 Å². The maximum atomic E-state index is 10.1. The van der Waals surface area contributed by atoms with Gasteiger partial charge in [-0.2, -0.15) is 0 Å². The van der Waals surface area contributed by atoms with Crippen LogP contribution in [0.25, 0.3) is 0 Å². The minimum absolute atomic E-state index is 0. The van der Waals surface area contributed by atoms with Crippen molar-refractivity contribution in [3.63, 3.8) is 0 Å². The van der Waals surface area contributed by atoms with E-state index in [2.05, 4.69) is 5.32 Å². The van der Waals surface area contributed by atoms with Gasteiger partial charge >= 0.3 is 0 Å². The van der Waals surface area contributed by atoms with Gasteiger partial charge in [0.25, 0.3) is 0 Å². The molecule has 0 saturated carbocycles. The second kappa shape index (κ2) is 3.61. The molecule has 0 heterocycles. The highest BCUT2D eigenvalue weighted by Gasteiger charge is 1.90. The van der Waals surface area contributed by atoms with Gasteiger partial charge in [-0.25, -0.2) is 0 Å². The van der Waals surface area contributed by atoms with E-state index in [1.165, 1.54) is 7.05 Å². The molecule has 0 aromatic carbocycles. The van der Waals surface area contributed by atoms with E-state index in [1.54, 1.807) is 0 Å². The smallest absolute Gasteiger partial charge is 0.222 e. The summed E-state index contributed by atoms with van der Waals surface area (Å²) in [5, 5.41) is 10.5. The topological polar surface area (TPSA) is 49.3 Å². The number of hydrogen-bond acceptors (Lipinski definition) is 2. The number of amides is 1. The Kier molecular flexibility index (Phi) is 3.32. The molecule has 0 bridgehead atoms. The van der Waals surface area contributed by atoms with Crippen LogP contribution in [0.3, 0.4) is 0 Å². The maximum Gasteiger partial charge on any atom is 0.222 e. The Morgan fingerprint density at radius 3 is 2.71 bits per heavy atom. The summed E-state index contributed by atoms with van der Waals surface area (Å²) in [7, 11) is 1.54. The molecule has 0 radical (unpaired) electrons. The molecule has 0 fully saturated rings. The average molecular weight is 105 g/mol. The summed E-state index contributed by atoms with van der Waals surface area (Å²) in [6, 6.07) is 0. The molecule has 0 unspecified atom stereocenters. The molecule has 0 aromatic heterocycles. The molecular formula is C4H11NO2. The van der Waals surface area contributed by atoms with Crippen LogP contribution in [0.15, 0.2) is 0 Å². The first-order chi connectivity index (χ1) is 3.31. The van der Waals surface area contributed by atoms with Gasteiger partial charge in [-0.15, -0.1) is 0 Å². The minimum Gasteiger partial charge on any atom is -0.396 e. The summed E-state index contributed by atoms with van der Waals surface area (Å²) in [4.78, 5) is 10.1. The lowest BCUT2D eigenvalue weighted by atomic mass is 10.4. The molecule has 0 aliphatic heterocycles. The molecule has 2 N–H and O–H groups in total. The van der Waals surface area contributed by atoms with Crippen LogP contribution in [-0.4, -0.2) is 24.7 Å². The lowest BCUT2D eigenvalue weighted by Gasteiger charge is -1.91. The summed E-state index contributed by atoms with van der Waals surface area (Å²) in [6.45, 7) is -0.0698. The van der Waals surface area contributed by atoms with Crippen molar-refractivity contribution in [2.24, 2.45) is 0 Å². The first kappa shape index (κ1) is 6.43. The van der Waals surface area contributed by atoms with Crippen molar-refractivity contribution in [2.75, 3.05) is 13.7 Å².